The van der Waals surface area contributed by atoms with Crippen molar-refractivity contribution in [3.05, 3.63) is 29.1 Å². The fourth-order valence-electron chi connectivity index (χ4n) is 1.16. The molecular weight excluding hydrogens is 157 g/mol. The molecule has 0 saturated carbocycles. The van der Waals surface area contributed by atoms with Crippen LogP contribution in [-0.2, 0) is 0 Å². The summed E-state index contributed by atoms with van der Waals surface area (Å²) >= 11 is 0. The van der Waals surface area contributed by atoms with Gasteiger partial charge in [-0.15, -0.1) is 0 Å². The van der Waals surface area contributed by atoms with E-state index in [-0.39, 0.29) is 5.69 Å². The van der Waals surface area contributed by atoms with Gasteiger partial charge in [0.1, 0.15) is 5.82 Å². The molecule has 0 aliphatic carbocycles. The van der Waals surface area contributed by atoms with Gasteiger partial charge in [-0.3, -0.25) is 0 Å². The van der Waals surface area contributed by atoms with Crippen LogP contribution in [0.15, 0.2) is 12.1 Å². The van der Waals surface area contributed by atoms with E-state index in [0.29, 0.717) is 5.56 Å². The molecule has 0 saturated heterocycles. The Hall–Kier alpha value is -1.09. The Kier molecular flexibility index (Phi) is 2.33. The lowest BCUT2D eigenvalue weighted by Gasteiger charge is -2.09. The maximum atomic E-state index is 12.8. The first-order chi connectivity index (χ1) is 5.52. The molecule has 2 nitrogen and oxygen atoms in total. The Morgan fingerprint density at radius 2 is 2.08 bits per heavy atom. The SMILES string of the molecule is Cc1cc(F)c(N)cc1C(C)O. The number of hydrogen-bond acceptors (Lipinski definition) is 2. The quantitative estimate of drug-likeness (QED) is 0.629. The lowest BCUT2D eigenvalue weighted by molar-refractivity contribution is 0.198. The topological polar surface area (TPSA) is 46.2 Å². The smallest absolute Gasteiger partial charge is 0.146 e. The largest absolute Gasteiger partial charge is 0.396 e. The molecule has 0 spiro atoms. The van der Waals surface area contributed by atoms with Crippen molar-refractivity contribution < 1.29 is 9.50 Å². The number of halogens is 1. The highest BCUT2D eigenvalue weighted by molar-refractivity contribution is 5.46. The van der Waals surface area contributed by atoms with Gasteiger partial charge in [0.25, 0.3) is 0 Å². The van der Waals surface area contributed by atoms with Crippen LogP contribution in [0.2, 0.25) is 0 Å². The average molecular weight is 169 g/mol. The van der Waals surface area contributed by atoms with Gasteiger partial charge in [0, 0.05) is 0 Å². The van der Waals surface area contributed by atoms with E-state index >= 15 is 0 Å². The molecule has 0 aromatic heterocycles. The van der Waals surface area contributed by atoms with Crippen molar-refractivity contribution in [1.82, 2.24) is 0 Å². The Labute approximate surface area is 70.8 Å². The minimum Gasteiger partial charge on any atom is -0.396 e. The molecule has 3 N–H and O–H groups in total. The van der Waals surface area contributed by atoms with Crippen molar-refractivity contribution in [2.75, 3.05) is 5.73 Å². The Morgan fingerprint density at radius 1 is 1.50 bits per heavy atom. The molecule has 0 radical (unpaired) electrons. The number of rotatable bonds is 1. The molecule has 0 fully saturated rings. The maximum absolute atomic E-state index is 12.8. The molecule has 1 rings (SSSR count). The first-order valence-electron chi connectivity index (χ1n) is 3.76. The minimum atomic E-state index is -0.604. The van der Waals surface area contributed by atoms with E-state index in [9.17, 15) is 9.50 Å². The lowest BCUT2D eigenvalue weighted by atomic mass is 10.0. The van der Waals surface area contributed by atoms with Crippen LogP contribution in [0.5, 0.6) is 0 Å². The molecule has 0 amide bonds. The normalized spacial score (nSPS) is 13.0. The van der Waals surface area contributed by atoms with E-state index < -0.39 is 11.9 Å². The van der Waals surface area contributed by atoms with Gasteiger partial charge in [0.15, 0.2) is 0 Å². The fourth-order valence-corrected chi connectivity index (χ4v) is 1.16. The Balaban J connectivity index is 3.23. The molecule has 1 aromatic carbocycles. The number of aliphatic hydroxyl groups is 1. The summed E-state index contributed by atoms with van der Waals surface area (Å²) in [5.41, 5.74) is 6.82. The zero-order valence-corrected chi connectivity index (χ0v) is 7.13. The van der Waals surface area contributed by atoms with Gasteiger partial charge in [-0.2, -0.15) is 0 Å². The Bertz CT molecular complexity index is 297. The van der Waals surface area contributed by atoms with Crippen LogP contribution >= 0.6 is 0 Å². The summed E-state index contributed by atoms with van der Waals surface area (Å²) in [5.74, 6) is -0.433. The predicted octanol–water partition coefficient (Wildman–Crippen LogP) is 1.77. The highest BCUT2D eigenvalue weighted by atomic mass is 19.1. The van der Waals surface area contributed by atoms with Gasteiger partial charge >= 0.3 is 0 Å². The highest BCUT2D eigenvalue weighted by Gasteiger charge is 2.08. The molecule has 0 aliphatic heterocycles. The highest BCUT2D eigenvalue weighted by Crippen LogP contribution is 2.22. The van der Waals surface area contributed by atoms with Crippen LogP contribution in [0, 0.1) is 12.7 Å². The molecule has 1 unspecified atom stereocenters. The summed E-state index contributed by atoms with van der Waals surface area (Å²) in [7, 11) is 0. The second kappa shape index (κ2) is 3.11. The van der Waals surface area contributed by atoms with Crippen molar-refractivity contribution >= 4 is 5.69 Å². The van der Waals surface area contributed by atoms with E-state index in [1.54, 1.807) is 13.8 Å². The zero-order valence-electron chi connectivity index (χ0n) is 7.13. The number of nitrogens with two attached hydrogens (primary N) is 1. The summed E-state index contributed by atoms with van der Waals surface area (Å²) in [6.45, 7) is 3.37. The third-order valence-corrected chi connectivity index (χ3v) is 1.84. The van der Waals surface area contributed by atoms with E-state index in [2.05, 4.69) is 0 Å². The molecule has 12 heavy (non-hydrogen) atoms. The van der Waals surface area contributed by atoms with Crippen molar-refractivity contribution in [2.24, 2.45) is 0 Å². The van der Waals surface area contributed by atoms with Crippen molar-refractivity contribution in [3.63, 3.8) is 0 Å². The monoisotopic (exact) mass is 169 g/mol. The van der Waals surface area contributed by atoms with Gasteiger partial charge in [0.05, 0.1) is 11.8 Å². The second-order valence-corrected chi connectivity index (χ2v) is 2.91. The minimum absolute atomic E-state index is 0.0801. The fraction of sp³-hybridized carbons (Fsp3) is 0.333. The number of aliphatic hydroxyl groups excluding tert-OH is 1. The van der Waals surface area contributed by atoms with E-state index in [1.807, 2.05) is 0 Å². The Morgan fingerprint density at radius 3 is 2.58 bits per heavy atom. The maximum Gasteiger partial charge on any atom is 0.146 e. The zero-order chi connectivity index (χ0) is 9.30. The van der Waals surface area contributed by atoms with E-state index in [0.717, 1.165) is 5.56 Å². The summed E-state index contributed by atoms with van der Waals surface area (Å²) < 4.78 is 12.8. The van der Waals surface area contributed by atoms with Gasteiger partial charge in [-0.1, -0.05) is 0 Å². The first kappa shape index (κ1) is 9.00. The molecular formula is C9H12FNO. The van der Waals surface area contributed by atoms with Crippen LogP contribution in [0.3, 0.4) is 0 Å². The molecule has 0 aliphatic rings. The van der Waals surface area contributed by atoms with Gasteiger partial charge < -0.3 is 10.8 Å². The van der Waals surface area contributed by atoms with Crippen LogP contribution in [0.25, 0.3) is 0 Å². The van der Waals surface area contributed by atoms with Gasteiger partial charge in [-0.25, -0.2) is 4.39 Å². The van der Waals surface area contributed by atoms with Crippen molar-refractivity contribution in [1.29, 1.82) is 0 Å². The number of anilines is 1. The first-order valence-corrected chi connectivity index (χ1v) is 3.76. The van der Waals surface area contributed by atoms with Gasteiger partial charge in [-0.05, 0) is 37.1 Å². The molecule has 3 heteroatoms. The summed E-state index contributed by atoms with van der Waals surface area (Å²) in [4.78, 5) is 0. The predicted molar refractivity (Wildman–Crippen MR) is 46.2 cm³/mol. The van der Waals surface area contributed by atoms with Crippen LogP contribution in [-0.4, -0.2) is 5.11 Å². The number of aryl methyl sites for hydroxylation is 1. The van der Waals surface area contributed by atoms with Crippen LogP contribution < -0.4 is 5.73 Å². The molecule has 1 aromatic rings. The third kappa shape index (κ3) is 1.56. The van der Waals surface area contributed by atoms with Crippen LogP contribution in [0.1, 0.15) is 24.2 Å². The molecule has 0 heterocycles. The van der Waals surface area contributed by atoms with Crippen LogP contribution in [0.4, 0.5) is 10.1 Å². The second-order valence-electron chi connectivity index (χ2n) is 2.91. The molecule has 66 valence electrons. The molecule has 0 bridgehead atoms. The number of benzene rings is 1. The summed E-state index contributed by atoms with van der Waals surface area (Å²) in [6, 6.07) is 2.80. The van der Waals surface area contributed by atoms with Crippen molar-refractivity contribution in [3.8, 4) is 0 Å². The van der Waals surface area contributed by atoms with Crippen molar-refractivity contribution in [2.45, 2.75) is 20.0 Å². The standard InChI is InChI=1S/C9H12FNO/c1-5-3-8(10)9(11)4-7(5)6(2)12/h3-4,6,12H,11H2,1-2H3. The summed E-state index contributed by atoms with van der Waals surface area (Å²) in [5, 5.41) is 9.24. The third-order valence-electron chi connectivity index (χ3n) is 1.84. The summed E-state index contributed by atoms with van der Waals surface area (Å²) in [6.07, 6.45) is -0.604. The number of nitrogen functional groups attached to an aromatic ring is 1. The van der Waals surface area contributed by atoms with E-state index in [1.165, 1.54) is 12.1 Å². The van der Waals surface area contributed by atoms with E-state index in [4.69, 9.17) is 5.73 Å². The van der Waals surface area contributed by atoms with Gasteiger partial charge in [0.2, 0.25) is 0 Å². The lowest BCUT2D eigenvalue weighted by Crippen LogP contribution is -1.99. The average Bonchev–Trinajstić information content (AvgIpc) is 1.96. The molecule has 1 atom stereocenters. The number of hydrogen-bond donors (Lipinski definition) is 2.